The summed E-state index contributed by atoms with van der Waals surface area (Å²) in [7, 11) is 0. The maximum absolute atomic E-state index is 12.8. The molecule has 0 atom stereocenters. The minimum atomic E-state index is -4.54. The lowest BCUT2D eigenvalue weighted by atomic mass is 10.1. The van der Waals surface area contributed by atoms with E-state index in [9.17, 15) is 13.2 Å². The van der Waals surface area contributed by atoms with Crippen molar-refractivity contribution >= 4 is 17.0 Å². The zero-order chi connectivity index (χ0) is 15.6. The fourth-order valence-electron chi connectivity index (χ4n) is 1.78. The first-order valence-electron chi connectivity index (χ1n) is 6.09. The van der Waals surface area contributed by atoms with E-state index in [1.54, 1.807) is 6.07 Å². The second kappa shape index (κ2) is 5.74. The normalized spacial score (nSPS) is 11.2. The number of benzene rings is 1. The van der Waals surface area contributed by atoms with Crippen molar-refractivity contribution in [1.82, 2.24) is 4.98 Å². The van der Waals surface area contributed by atoms with Gasteiger partial charge in [-0.2, -0.15) is 18.4 Å². The molecule has 2 rings (SSSR count). The van der Waals surface area contributed by atoms with Crippen LogP contribution < -0.4 is 5.32 Å². The monoisotopic (exact) mass is 311 g/mol. The summed E-state index contributed by atoms with van der Waals surface area (Å²) in [4.78, 5) is 5.40. The van der Waals surface area contributed by atoms with Crippen molar-refractivity contribution in [2.45, 2.75) is 26.6 Å². The Balaban J connectivity index is 2.20. The summed E-state index contributed by atoms with van der Waals surface area (Å²) in [5.41, 5.74) is -0.0741. The Bertz CT molecular complexity index is 679. The van der Waals surface area contributed by atoms with Gasteiger partial charge in [-0.3, -0.25) is 0 Å². The second-order valence-electron chi connectivity index (χ2n) is 4.47. The van der Waals surface area contributed by atoms with Crippen LogP contribution in [-0.4, -0.2) is 4.98 Å². The molecular weight excluding hydrogens is 299 g/mol. The number of nitrogens with zero attached hydrogens (tertiary/aromatic N) is 2. The third kappa shape index (κ3) is 3.52. The molecule has 3 nitrogen and oxygen atoms in total. The fourth-order valence-corrected chi connectivity index (χ4v) is 2.65. The molecule has 0 amide bonds. The van der Waals surface area contributed by atoms with Gasteiger partial charge in [0.2, 0.25) is 0 Å². The van der Waals surface area contributed by atoms with Gasteiger partial charge in [-0.15, -0.1) is 11.3 Å². The average molecular weight is 311 g/mol. The van der Waals surface area contributed by atoms with E-state index in [1.807, 2.05) is 13.8 Å². The Morgan fingerprint density at radius 2 is 2.05 bits per heavy atom. The van der Waals surface area contributed by atoms with Gasteiger partial charge in [-0.05, 0) is 32.0 Å². The van der Waals surface area contributed by atoms with Gasteiger partial charge in [0.05, 0.1) is 29.4 Å². The number of alkyl halides is 3. The van der Waals surface area contributed by atoms with Crippen molar-refractivity contribution in [3.05, 3.63) is 44.9 Å². The molecule has 0 bridgehead atoms. The minimum absolute atomic E-state index is 0.312. The van der Waals surface area contributed by atoms with Crippen LogP contribution in [0.25, 0.3) is 0 Å². The largest absolute Gasteiger partial charge is 0.417 e. The molecule has 0 saturated heterocycles. The molecule has 21 heavy (non-hydrogen) atoms. The predicted octanol–water partition coefficient (Wildman–Crippen LogP) is 4.26. The number of hydrogen-bond donors (Lipinski definition) is 1. The summed E-state index contributed by atoms with van der Waals surface area (Å²) in [6.07, 6.45) is -4.54. The predicted molar refractivity (Wildman–Crippen MR) is 75.1 cm³/mol. The number of halogens is 3. The Morgan fingerprint density at radius 3 is 2.57 bits per heavy atom. The number of aromatic nitrogens is 1. The maximum Gasteiger partial charge on any atom is 0.417 e. The molecule has 0 aliphatic carbocycles. The SMILES string of the molecule is Cc1nc(CNc2ccc(C#N)c(C(F)(F)F)c2)sc1C. The molecule has 0 saturated carbocycles. The van der Waals surface area contributed by atoms with Gasteiger partial charge in [-0.25, -0.2) is 4.98 Å². The molecule has 2 aromatic rings. The van der Waals surface area contributed by atoms with Crippen LogP contribution in [-0.2, 0) is 12.7 Å². The molecule has 1 N–H and O–H groups in total. The second-order valence-corrected chi connectivity index (χ2v) is 5.76. The van der Waals surface area contributed by atoms with E-state index in [2.05, 4.69) is 10.3 Å². The fraction of sp³-hybridized carbons (Fsp3) is 0.286. The first kappa shape index (κ1) is 15.3. The Labute approximate surface area is 124 Å². The summed E-state index contributed by atoms with van der Waals surface area (Å²) >= 11 is 1.50. The summed E-state index contributed by atoms with van der Waals surface area (Å²) in [6, 6.07) is 5.14. The summed E-state index contributed by atoms with van der Waals surface area (Å²) in [5, 5.41) is 12.4. The maximum atomic E-state index is 12.8. The molecule has 110 valence electrons. The highest BCUT2D eigenvalue weighted by Gasteiger charge is 2.33. The van der Waals surface area contributed by atoms with E-state index < -0.39 is 11.7 Å². The molecule has 0 aliphatic rings. The van der Waals surface area contributed by atoms with Crippen LogP contribution in [0.1, 0.15) is 26.7 Å². The molecule has 0 spiro atoms. The highest BCUT2D eigenvalue weighted by Crippen LogP contribution is 2.33. The number of thiazole rings is 1. The van der Waals surface area contributed by atoms with Crippen LogP contribution >= 0.6 is 11.3 Å². The van der Waals surface area contributed by atoms with Gasteiger partial charge in [-0.1, -0.05) is 0 Å². The van der Waals surface area contributed by atoms with Crippen molar-refractivity contribution in [3.63, 3.8) is 0 Å². The van der Waals surface area contributed by atoms with Crippen LogP contribution in [0, 0.1) is 25.2 Å². The average Bonchev–Trinajstić information content (AvgIpc) is 2.74. The Hall–Kier alpha value is -2.07. The highest BCUT2D eigenvalue weighted by molar-refractivity contribution is 7.11. The standard InChI is InChI=1S/C14H12F3N3S/c1-8-9(2)21-13(20-8)7-19-11-4-3-10(6-18)12(5-11)14(15,16)17/h3-5,19H,7H2,1-2H3. The summed E-state index contributed by atoms with van der Waals surface area (Å²) in [6.45, 7) is 4.18. The quantitative estimate of drug-likeness (QED) is 0.921. The summed E-state index contributed by atoms with van der Waals surface area (Å²) < 4.78 is 38.5. The highest BCUT2D eigenvalue weighted by atomic mass is 32.1. The Kier molecular flexibility index (Phi) is 4.19. The zero-order valence-electron chi connectivity index (χ0n) is 11.4. The van der Waals surface area contributed by atoms with E-state index in [1.165, 1.54) is 23.5 Å². The molecule has 0 radical (unpaired) electrons. The molecule has 1 heterocycles. The minimum Gasteiger partial charge on any atom is -0.379 e. The molecular formula is C14H12F3N3S. The van der Waals surface area contributed by atoms with E-state index in [-0.39, 0.29) is 5.56 Å². The summed E-state index contributed by atoms with van der Waals surface area (Å²) in [5.74, 6) is 0. The molecule has 0 unspecified atom stereocenters. The topological polar surface area (TPSA) is 48.7 Å². The van der Waals surface area contributed by atoms with Gasteiger partial charge < -0.3 is 5.32 Å². The lowest BCUT2D eigenvalue weighted by Gasteiger charge is -2.11. The third-order valence-corrected chi connectivity index (χ3v) is 4.03. The zero-order valence-corrected chi connectivity index (χ0v) is 12.2. The molecule has 1 aromatic carbocycles. The van der Waals surface area contributed by atoms with Crippen molar-refractivity contribution in [2.75, 3.05) is 5.32 Å². The lowest BCUT2D eigenvalue weighted by molar-refractivity contribution is -0.137. The number of hydrogen-bond acceptors (Lipinski definition) is 4. The lowest BCUT2D eigenvalue weighted by Crippen LogP contribution is -2.09. The number of nitriles is 1. The molecule has 7 heteroatoms. The van der Waals surface area contributed by atoms with Crippen LogP contribution in [0.4, 0.5) is 18.9 Å². The smallest absolute Gasteiger partial charge is 0.379 e. The van der Waals surface area contributed by atoms with E-state index in [0.29, 0.717) is 12.2 Å². The van der Waals surface area contributed by atoms with Crippen molar-refractivity contribution in [2.24, 2.45) is 0 Å². The van der Waals surface area contributed by atoms with Crippen LogP contribution in [0.2, 0.25) is 0 Å². The number of nitrogens with one attached hydrogen (secondary N) is 1. The van der Waals surface area contributed by atoms with Gasteiger partial charge in [0.1, 0.15) is 5.01 Å². The van der Waals surface area contributed by atoms with Crippen molar-refractivity contribution in [3.8, 4) is 6.07 Å². The van der Waals surface area contributed by atoms with Crippen LogP contribution in [0.5, 0.6) is 0 Å². The van der Waals surface area contributed by atoms with Gasteiger partial charge in [0.15, 0.2) is 0 Å². The van der Waals surface area contributed by atoms with Gasteiger partial charge >= 0.3 is 6.18 Å². The van der Waals surface area contributed by atoms with Crippen molar-refractivity contribution < 1.29 is 13.2 Å². The molecule has 0 aliphatic heterocycles. The van der Waals surface area contributed by atoms with Crippen molar-refractivity contribution in [1.29, 1.82) is 5.26 Å². The van der Waals surface area contributed by atoms with E-state index in [0.717, 1.165) is 21.6 Å². The van der Waals surface area contributed by atoms with Crippen LogP contribution in [0.3, 0.4) is 0 Å². The van der Waals surface area contributed by atoms with Gasteiger partial charge in [0.25, 0.3) is 0 Å². The van der Waals surface area contributed by atoms with E-state index >= 15 is 0 Å². The first-order chi connectivity index (χ1) is 9.81. The number of anilines is 1. The third-order valence-electron chi connectivity index (χ3n) is 2.96. The van der Waals surface area contributed by atoms with Gasteiger partial charge in [0, 0.05) is 10.6 Å². The number of aryl methyl sites for hydroxylation is 2. The Morgan fingerprint density at radius 1 is 1.33 bits per heavy atom. The first-order valence-corrected chi connectivity index (χ1v) is 6.91. The molecule has 1 aromatic heterocycles. The van der Waals surface area contributed by atoms with Crippen LogP contribution in [0.15, 0.2) is 18.2 Å². The molecule has 0 fully saturated rings. The van der Waals surface area contributed by atoms with E-state index in [4.69, 9.17) is 5.26 Å². The number of rotatable bonds is 3.